The van der Waals surface area contributed by atoms with Crippen molar-refractivity contribution in [1.29, 1.82) is 0 Å². The molecule has 5 nitrogen and oxygen atoms in total. The maximum absolute atomic E-state index is 12.1. The van der Waals surface area contributed by atoms with Crippen LogP contribution < -0.4 is 11.1 Å². The lowest BCUT2D eigenvalue weighted by atomic mass is 10.3. The molecule has 1 aromatic rings. The Labute approximate surface area is 85.2 Å². The smallest absolute Gasteiger partial charge is 0.271 e. The Morgan fingerprint density at radius 1 is 1.73 bits per heavy atom. The molecule has 3 N–H and O–H groups in total. The molecule has 0 aliphatic carbocycles. The molecule has 0 bridgehead atoms. The van der Waals surface area contributed by atoms with Crippen LogP contribution in [0.15, 0.2) is 6.20 Å². The maximum atomic E-state index is 12.1. The van der Waals surface area contributed by atoms with Gasteiger partial charge in [-0.05, 0) is 6.92 Å². The minimum Gasteiger partial charge on any atom is -0.396 e. The summed E-state index contributed by atoms with van der Waals surface area (Å²) in [7, 11) is 0. The molecule has 1 rings (SSSR count). The van der Waals surface area contributed by atoms with Crippen LogP contribution in [-0.4, -0.2) is 28.7 Å². The van der Waals surface area contributed by atoms with Gasteiger partial charge in [0, 0.05) is 6.54 Å². The number of nitrogen functional groups attached to an aromatic ring is 1. The van der Waals surface area contributed by atoms with Gasteiger partial charge in [0.25, 0.3) is 12.3 Å². The molecule has 1 aromatic heterocycles. The highest BCUT2D eigenvalue weighted by Gasteiger charge is 2.18. The number of hydrogen-bond acceptors (Lipinski definition) is 3. The quantitative estimate of drug-likeness (QED) is 0.772. The van der Waals surface area contributed by atoms with Crippen molar-refractivity contribution in [2.75, 3.05) is 12.3 Å². The molecule has 84 valence electrons. The van der Waals surface area contributed by atoms with Gasteiger partial charge in [-0.25, -0.2) is 8.78 Å². The molecule has 0 aliphatic rings. The molecule has 0 unspecified atom stereocenters. The number of carbonyl (C=O) groups is 1. The van der Waals surface area contributed by atoms with Crippen molar-refractivity contribution in [3.05, 3.63) is 11.9 Å². The molecular formula is C8H12F2N4O. The molecule has 15 heavy (non-hydrogen) atoms. The van der Waals surface area contributed by atoms with Gasteiger partial charge in [0.1, 0.15) is 12.2 Å². The second-order valence-corrected chi connectivity index (χ2v) is 2.88. The fourth-order valence-corrected chi connectivity index (χ4v) is 1.16. The molecule has 1 amide bonds. The molecule has 0 saturated carbocycles. The predicted octanol–water partition coefficient (Wildman–Crippen LogP) is 0.480. The van der Waals surface area contributed by atoms with Crippen molar-refractivity contribution >= 4 is 11.6 Å². The Morgan fingerprint density at radius 2 is 2.40 bits per heavy atom. The third-order valence-electron chi connectivity index (χ3n) is 1.73. The van der Waals surface area contributed by atoms with Crippen molar-refractivity contribution in [2.45, 2.75) is 19.9 Å². The van der Waals surface area contributed by atoms with Crippen LogP contribution in [0.25, 0.3) is 0 Å². The van der Waals surface area contributed by atoms with Crippen molar-refractivity contribution in [3.63, 3.8) is 0 Å². The number of alkyl halides is 2. The molecule has 0 spiro atoms. The number of anilines is 1. The molecule has 0 radical (unpaired) electrons. The minimum atomic E-state index is -2.57. The number of carbonyl (C=O) groups excluding carboxylic acids is 1. The van der Waals surface area contributed by atoms with Gasteiger partial charge in [-0.15, -0.1) is 0 Å². The summed E-state index contributed by atoms with van der Waals surface area (Å²) >= 11 is 0. The van der Waals surface area contributed by atoms with Gasteiger partial charge in [0.15, 0.2) is 0 Å². The van der Waals surface area contributed by atoms with Crippen LogP contribution in [0.2, 0.25) is 0 Å². The van der Waals surface area contributed by atoms with E-state index in [0.717, 1.165) is 4.68 Å². The number of nitrogens with zero attached hydrogens (tertiary/aromatic N) is 2. The average Bonchev–Trinajstić information content (AvgIpc) is 2.46. The summed E-state index contributed by atoms with van der Waals surface area (Å²) in [5, 5.41) is 6.09. The second kappa shape index (κ2) is 4.72. The topological polar surface area (TPSA) is 72.9 Å². The first-order chi connectivity index (χ1) is 7.06. The molecule has 0 fully saturated rings. The van der Waals surface area contributed by atoms with Gasteiger partial charge >= 0.3 is 0 Å². The van der Waals surface area contributed by atoms with Gasteiger partial charge < -0.3 is 11.1 Å². The van der Waals surface area contributed by atoms with Gasteiger partial charge in [-0.3, -0.25) is 9.48 Å². The molecular weight excluding hydrogens is 206 g/mol. The molecule has 7 heteroatoms. The summed E-state index contributed by atoms with van der Waals surface area (Å²) in [5.74, 6) is -0.492. The minimum absolute atomic E-state index is 0.0165. The van der Waals surface area contributed by atoms with Crippen molar-refractivity contribution in [1.82, 2.24) is 15.1 Å². The molecule has 0 atom stereocenters. The van der Waals surface area contributed by atoms with E-state index in [1.807, 2.05) is 0 Å². The number of nitrogens with one attached hydrogen (secondary N) is 1. The number of amides is 1. The van der Waals surface area contributed by atoms with Crippen LogP contribution in [0.5, 0.6) is 0 Å². The van der Waals surface area contributed by atoms with Gasteiger partial charge in [0.05, 0.1) is 11.9 Å². The summed E-state index contributed by atoms with van der Waals surface area (Å²) in [4.78, 5) is 11.4. The number of rotatable bonds is 4. The van der Waals surface area contributed by atoms with Crippen molar-refractivity contribution < 1.29 is 13.6 Å². The van der Waals surface area contributed by atoms with E-state index < -0.39 is 18.9 Å². The van der Waals surface area contributed by atoms with Crippen LogP contribution in [-0.2, 0) is 6.54 Å². The van der Waals surface area contributed by atoms with Gasteiger partial charge in [-0.1, -0.05) is 0 Å². The molecule has 0 aliphatic heterocycles. The zero-order valence-electron chi connectivity index (χ0n) is 8.20. The van der Waals surface area contributed by atoms with Crippen LogP contribution in [0.4, 0.5) is 14.5 Å². The van der Waals surface area contributed by atoms with Crippen LogP contribution in [0, 0.1) is 0 Å². The zero-order valence-corrected chi connectivity index (χ0v) is 8.20. The maximum Gasteiger partial charge on any atom is 0.271 e. The summed E-state index contributed by atoms with van der Waals surface area (Å²) in [6.45, 7) is 1.49. The third kappa shape index (κ3) is 2.64. The largest absolute Gasteiger partial charge is 0.396 e. The Balaban J connectivity index is 2.93. The van der Waals surface area contributed by atoms with E-state index in [4.69, 9.17) is 5.73 Å². The Kier molecular flexibility index (Phi) is 3.59. The van der Waals surface area contributed by atoms with Crippen LogP contribution in [0.1, 0.15) is 17.4 Å². The average molecular weight is 218 g/mol. The fourth-order valence-electron chi connectivity index (χ4n) is 1.16. The van der Waals surface area contributed by atoms with E-state index in [-0.39, 0.29) is 11.4 Å². The number of halogens is 2. The van der Waals surface area contributed by atoms with E-state index in [1.54, 1.807) is 6.92 Å². The SMILES string of the molecule is CCNC(=O)c1c(N)cnn1CC(F)F. The molecule has 0 saturated heterocycles. The van der Waals surface area contributed by atoms with E-state index in [0.29, 0.717) is 6.54 Å². The Hall–Kier alpha value is -1.66. The van der Waals surface area contributed by atoms with Crippen molar-refractivity contribution in [2.24, 2.45) is 0 Å². The van der Waals surface area contributed by atoms with Crippen LogP contribution in [0.3, 0.4) is 0 Å². The highest BCUT2D eigenvalue weighted by atomic mass is 19.3. The summed E-state index contributed by atoms with van der Waals surface area (Å²) < 4.78 is 25.2. The highest BCUT2D eigenvalue weighted by Crippen LogP contribution is 2.12. The third-order valence-corrected chi connectivity index (χ3v) is 1.73. The summed E-state index contributed by atoms with van der Waals surface area (Å²) in [5.41, 5.74) is 5.54. The lowest BCUT2D eigenvalue weighted by molar-refractivity contribution is 0.0927. The van der Waals surface area contributed by atoms with E-state index in [9.17, 15) is 13.6 Å². The lowest BCUT2D eigenvalue weighted by Gasteiger charge is -2.07. The zero-order chi connectivity index (χ0) is 11.4. The Bertz CT molecular complexity index is 350. The highest BCUT2D eigenvalue weighted by molar-refractivity contribution is 5.97. The standard InChI is InChI=1S/C8H12F2N4O/c1-2-12-8(15)7-5(11)3-13-14(7)4-6(9)10/h3,6H,2,4,11H2,1H3,(H,12,15). The van der Waals surface area contributed by atoms with Gasteiger partial charge in [-0.2, -0.15) is 5.10 Å². The van der Waals surface area contributed by atoms with Gasteiger partial charge in [0.2, 0.25) is 0 Å². The van der Waals surface area contributed by atoms with E-state index in [2.05, 4.69) is 10.4 Å². The monoisotopic (exact) mass is 218 g/mol. The fraction of sp³-hybridized carbons (Fsp3) is 0.500. The normalized spacial score (nSPS) is 10.7. The molecule has 0 aromatic carbocycles. The summed E-state index contributed by atoms with van der Waals surface area (Å²) in [6, 6.07) is 0. The number of nitrogens with two attached hydrogens (primary N) is 1. The predicted molar refractivity (Wildman–Crippen MR) is 50.7 cm³/mol. The second-order valence-electron chi connectivity index (χ2n) is 2.88. The number of hydrogen-bond donors (Lipinski definition) is 2. The molecule has 1 heterocycles. The van der Waals surface area contributed by atoms with E-state index >= 15 is 0 Å². The first kappa shape index (κ1) is 11.4. The van der Waals surface area contributed by atoms with E-state index in [1.165, 1.54) is 6.20 Å². The van der Waals surface area contributed by atoms with Crippen molar-refractivity contribution in [3.8, 4) is 0 Å². The summed E-state index contributed by atoms with van der Waals surface area (Å²) in [6.07, 6.45) is -1.38. The first-order valence-corrected chi connectivity index (χ1v) is 4.43. The lowest BCUT2D eigenvalue weighted by Crippen LogP contribution is -2.27. The first-order valence-electron chi connectivity index (χ1n) is 4.43. The Morgan fingerprint density at radius 3 is 2.93 bits per heavy atom. The van der Waals surface area contributed by atoms with Crippen LogP contribution >= 0.6 is 0 Å². The number of aromatic nitrogens is 2.